The second-order valence-electron chi connectivity index (χ2n) is 4.49. The highest BCUT2D eigenvalue weighted by Gasteiger charge is 2.41. The van der Waals surface area contributed by atoms with Crippen molar-refractivity contribution in [3.63, 3.8) is 0 Å². The second kappa shape index (κ2) is 4.23. The fourth-order valence-electron chi connectivity index (χ4n) is 2.19. The zero-order chi connectivity index (χ0) is 13.7. The monoisotopic (exact) mass is 283 g/mol. The lowest BCUT2D eigenvalue weighted by Crippen LogP contribution is -2.30. The molecular formula is C10H13N5O3S. The van der Waals surface area contributed by atoms with Crippen LogP contribution < -0.4 is 5.73 Å². The molecule has 0 aliphatic carbocycles. The second-order valence-corrected chi connectivity index (χ2v) is 4.90. The first kappa shape index (κ1) is 12.5. The number of H-pyrrole nitrogens is 1. The van der Waals surface area contributed by atoms with E-state index < -0.39 is 24.5 Å². The Morgan fingerprint density at radius 2 is 2.21 bits per heavy atom. The van der Waals surface area contributed by atoms with Gasteiger partial charge in [-0.05, 0) is 6.92 Å². The van der Waals surface area contributed by atoms with E-state index in [9.17, 15) is 10.2 Å². The quantitative estimate of drug-likeness (QED) is 0.530. The predicted molar refractivity (Wildman–Crippen MR) is 68.7 cm³/mol. The maximum absolute atomic E-state index is 9.98. The molecule has 0 radical (unpaired) electrons. The fourth-order valence-corrected chi connectivity index (χ4v) is 2.44. The summed E-state index contributed by atoms with van der Waals surface area (Å²) in [7, 11) is 0. The normalized spacial score (nSPS) is 31.1. The van der Waals surface area contributed by atoms with Crippen molar-refractivity contribution in [1.29, 1.82) is 0 Å². The van der Waals surface area contributed by atoms with Gasteiger partial charge in [-0.25, -0.2) is 4.98 Å². The van der Waals surface area contributed by atoms with E-state index in [0.717, 1.165) is 0 Å². The Morgan fingerprint density at radius 1 is 1.47 bits per heavy atom. The van der Waals surface area contributed by atoms with Crippen LogP contribution in [0.5, 0.6) is 0 Å². The van der Waals surface area contributed by atoms with Gasteiger partial charge in [0.2, 0.25) is 5.95 Å². The molecular weight excluding hydrogens is 270 g/mol. The van der Waals surface area contributed by atoms with Gasteiger partial charge >= 0.3 is 0 Å². The lowest BCUT2D eigenvalue weighted by molar-refractivity contribution is -0.0299. The molecule has 0 spiro atoms. The number of hydrogen-bond donors (Lipinski definition) is 4. The molecule has 9 heteroatoms. The molecule has 5 N–H and O–H groups in total. The van der Waals surface area contributed by atoms with Gasteiger partial charge in [0.05, 0.1) is 12.4 Å². The summed E-state index contributed by atoms with van der Waals surface area (Å²) in [4.78, 5) is 10.9. The van der Waals surface area contributed by atoms with Gasteiger partial charge in [-0.15, -0.1) is 0 Å². The Bertz CT molecular complexity index is 683. The van der Waals surface area contributed by atoms with Crippen LogP contribution in [-0.4, -0.2) is 48.0 Å². The summed E-state index contributed by atoms with van der Waals surface area (Å²) in [5.41, 5.74) is 6.49. The number of aromatic nitrogens is 4. The van der Waals surface area contributed by atoms with Gasteiger partial charge in [-0.3, -0.25) is 4.57 Å². The molecule has 0 aromatic carbocycles. The number of fused-ring (bicyclic) bond motifs is 1. The molecule has 4 atom stereocenters. The average Bonchev–Trinajstić information content (AvgIpc) is 2.86. The lowest BCUT2D eigenvalue weighted by atomic mass is 10.1. The van der Waals surface area contributed by atoms with Crippen molar-refractivity contribution in [1.82, 2.24) is 19.5 Å². The van der Waals surface area contributed by atoms with Gasteiger partial charge in [0, 0.05) is 0 Å². The number of nitrogens with one attached hydrogen (secondary N) is 1. The highest BCUT2D eigenvalue weighted by Crippen LogP contribution is 2.31. The van der Waals surface area contributed by atoms with Crippen LogP contribution in [0.1, 0.15) is 13.2 Å². The minimum Gasteiger partial charge on any atom is -0.388 e. The number of anilines is 1. The first-order chi connectivity index (χ1) is 8.99. The zero-order valence-corrected chi connectivity index (χ0v) is 10.8. The number of imidazole rings is 1. The summed E-state index contributed by atoms with van der Waals surface area (Å²) in [5.74, 6) is 0.153. The fraction of sp³-hybridized carbons (Fsp3) is 0.500. The van der Waals surface area contributed by atoms with Crippen LogP contribution in [0.15, 0.2) is 6.33 Å². The highest BCUT2D eigenvalue weighted by molar-refractivity contribution is 7.71. The number of aliphatic hydroxyl groups excluding tert-OH is 2. The number of aliphatic hydroxyl groups is 2. The molecule has 1 saturated heterocycles. The zero-order valence-electron chi connectivity index (χ0n) is 10.0. The van der Waals surface area contributed by atoms with Crippen LogP contribution >= 0.6 is 12.2 Å². The molecule has 0 saturated carbocycles. The van der Waals surface area contributed by atoms with Crippen molar-refractivity contribution >= 4 is 29.3 Å². The van der Waals surface area contributed by atoms with Gasteiger partial charge in [0.25, 0.3) is 0 Å². The van der Waals surface area contributed by atoms with E-state index in [2.05, 4.69) is 15.0 Å². The summed E-state index contributed by atoms with van der Waals surface area (Å²) in [6.45, 7) is 1.68. The highest BCUT2D eigenvalue weighted by atomic mass is 32.1. The van der Waals surface area contributed by atoms with Crippen molar-refractivity contribution in [2.24, 2.45) is 0 Å². The Labute approximate surface area is 112 Å². The van der Waals surface area contributed by atoms with Gasteiger partial charge in [0.15, 0.2) is 11.9 Å². The predicted octanol–water partition coefficient (Wildman–Crippen LogP) is -0.290. The maximum atomic E-state index is 9.98. The number of nitrogens with two attached hydrogens (primary N) is 1. The molecule has 2 aromatic heterocycles. The van der Waals surface area contributed by atoms with Crippen molar-refractivity contribution in [2.75, 3.05) is 5.73 Å². The number of rotatable bonds is 1. The Kier molecular flexibility index (Phi) is 2.78. The van der Waals surface area contributed by atoms with Crippen LogP contribution in [0.25, 0.3) is 11.2 Å². The third-order valence-corrected chi connectivity index (χ3v) is 3.50. The molecule has 1 aliphatic heterocycles. The van der Waals surface area contributed by atoms with E-state index in [-0.39, 0.29) is 5.95 Å². The molecule has 3 heterocycles. The number of ether oxygens (including phenoxy) is 1. The molecule has 0 unspecified atom stereocenters. The summed E-state index contributed by atoms with van der Waals surface area (Å²) in [6, 6.07) is 0. The van der Waals surface area contributed by atoms with Crippen molar-refractivity contribution < 1.29 is 14.9 Å². The van der Waals surface area contributed by atoms with Crippen LogP contribution in [0.3, 0.4) is 0 Å². The SMILES string of the molecule is C[C@H]1O[C@@H](n2cnc3c(=S)[nH]c(N)nc32)[C@H](O)[C@@H]1O. The van der Waals surface area contributed by atoms with E-state index >= 15 is 0 Å². The Balaban J connectivity index is 2.14. The average molecular weight is 283 g/mol. The van der Waals surface area contributed by atoms with Crippen molar-refractivity contribution in [2.45, 2.75) is 31.5 Å². The molecule has 0 amide bonds. The van der Waals surface area contributed by atoms with Crippen LogP contribution in [0, 0.1) is 4.64 Å². The number of nitrogens with zero attached hydrogens (tertiary/aromatic N) is 3. The van der Waals surface area contributed by atoms with E-state index in [4.69, 9.17) is 22.7 Å². The first-order valence-electron chi connectivity index (χ1n) is 5.73. The topological polar surface area (TPSA) is 122 Å². The van der Waals surface area contributed by atoms with E-state index in [1.807, 2.05) is 0 Å². The van der Waals surface area contributed by atoms with Crippen molar-refractivity contribution in [3.8, 4) is 0 Å². The maximum Gasteiger partial charge on any atom is 0.200 e. The third-order valence-electron chi connectivity index (χ3n) is 3.20. The molecule has 3 rings (SSSR count). The molecule has 8 nitrogen and oxygen atoms in total. The molecule has 0 bridgehead atoms. The number of nitrogen functional groups attached to an aromatic ring is 1. The summed E-state index contributed by atoms with van der Waals surface area (Å²) >= 11 is 5.10. The van der Waals surface area contributed by atoms with E-state index in [0.29, 0.717) is 15.8 Å². The van der Waals surface area contributed by atoms with Crippen LogP contribution in [0.4, 0.5) is 5.95 Å². The standard InChI is InChI=1S/C10H13N5O3S/c1-3-5(16)6(17)9(18-3)15-2-12-4-7(15)13-10(11)14-8(4)19/h2-3,5-6,9,16-17H,1H3,(H3,11,13,14,19)/t3-,5-,6-,9-/m1/s1. The smallest absolute Gasteiger partial charge is 0.200 e. The van der Waals surface area contributed by atoms with Gasteiger partial charge in [0.1, 0.15) is 22.4 Å². The largest absolute Gasteiger partial charge is 0.388 e. The summed E-state index contributed by atoms with van der Waals surface area (Å²) in [6.07, 6.45) is -1.81. The van der Waals surface area contributed by atoms with Crippen LogP contribution in [0.2, 0.25) is 0 Å². The molecule has 102 valence electrons. The lowest BCUT2D eigenvalue weighted by Gasteiger charge is -2.16. The Hall–Kier alpha value is -1.55. The van der Waals surface area contributed by atoms with Crippen LogP contribution in [-0.2, 0) is 4.74 Å². The minimum absolute atomic E-state index is 0.153. The summed E-state index contributed by atoms with van der Waals surface area (Å²) in [5, 5.41) is 19.7. The molecule has 19 heavy (non-hydrogen) atoms. The molecule has 2 aromatic rings. The molecule has 1 aliphatic rings. The van der Waals surface area contributed by atoms with Gasteiger partial charge < -0.3 is 25.7 Å². The Morgan fingerprint density at radius 3 is 2.84 bits per heavy atom. The van der Waals surface area contributed by atoms with E-state index in [1.54, 1.807) is 6.92 Å². The molecule has 1 fully saturated rings. The minimum atomic E-state index is -1.06. The van der Waals surface area contributed by atoms with E-state index in [1.165, 1.54) is 10.9 Å². The van der Waals surface area contributed by atoms with Crippen molar-refractivity contribution in [3.05, 3.63) is 11.0 Å². The number of hydrogen-bond acceptors (Lipinski definition) is 7. The van der Waals surface area contributed by atoms with Gasteiger partial charge in [-0.2, -0.15) is 4.98 Å². The summed E-state index contributed by atoms with van der Waals surface area (Å²) < 4.78 is 7.40. The first-order valence-corrected chi connectivity index (χ1v) is 6.14. The van der Waals surface area contributed by atoms with Gasteiger partial charge in [-0.1, -0.05) is 12.2 Å². The number of aromatic amines is 1. The third kappa shape index (κ3) is 1.82.